The zero-order valence-electron chi connectivity index (χ0n) is 8.49. The third kappa shape index (κ3) is 3.69. The molecule has 0 aliphatic rings. The molecule has 15 heavy (non-hydrogen) atoms. The molecule has 0 aromatic carbocycles. The quantitative estimate of drug-likeness (QED) is 0.765. The first-order valence-electron chi connectivity index (χ1n) is 4.43. The summed E-state index contributed by atoms with van der Waals surface area (Å²) in [7, 11) is 0. The number of hydrogen-bond acceptors (Lipinski definition) is 4. The standard InChI is InChI=1S/C9H12N2O3S/c1-3-14-11-9(13)7-4-5-8(15-7)10-6(2)12/h4-5H,3H2,1-2H3,(H,10,12)(H,11,13). The molecule has 0 atom stereocenters. The normalized spacial score (nSPS) is 9.73. The first-order valence-corrected chi connectivity index (χ1v) is 5.24. The lowest BCUT2D eigenvalue weighted by molar-refractivity contribution is -0.114. The van der Waals surface area contributed by atoms with Crippen LogP contribution >= 0.6 is 11.3 Å². The van der Waals surface area contributed by atoms with Crippen LogP contribution in [0.25, 0.3) is 0 Å². The van der Waals surface area contributed by atoms with Gasteiger partial charge in [-0.3, -0.25) is 14.4 Å². The van der Waals surface area contributed by atoms with Gasteiger partial charge in [0.2, 0.25) is 5.91 Å². The van der Waals surface area contributed by atoms with Crippen molar-refractivity contribution in [2.75, 3.05) is 11.9 Å². The molecule has 5 nitrogen and oxygen atoms in total. The highest BCUT2D eigenvalue weighted by Crippen LogP contribution is 2.21. The largest absolute Gasteiger partial charge is 0.318 e. The molecular weight excluding hydrogens is 216 g/mol. The van der Waals surface area contributed by atoms with Gasteiger partial charge in [-0.25, -0.2) is 5.48 Å². The highest BCUT2D eigenvalue weighted by molar-refractivity contribution is 7.18. The first kappa shape index (κ1) is 11.7. The second-order valence-electron chi connectivity index (χ2n) is 2.71. The van der Waals surface area contributed by atoms with Crippen molar-refractivity contribution < 1.29 is 14.4 Å². The van der Waals surface area contributed by atoms with Crippen molar-refractivity contribution in [1.82, 2.24) is 5.48 Å². The number of rotatable bonds is 4. The van der Waals surface area contributed by atoms with Gasteiger partial charge in [0.1, 0.15) is 0 Å². The molecule has 2 N–H and O–H groups in total. The molecule has 1 aromatic heterocycles. The van der Waals surface area contributed by atoms with Gasteiger partial charge in [0, 0.05) is 6.92 Å². The lowest BCUT2D eigenvalue weighted by atomic mass is 10.4. The second-order valence-corrected chi connectivity index (χ2v) is 3.79. The number of nitrogens with one attached hydrogen (secondary N) is 2. The monoisotopic (exact) mass is 228 g/mol. The van der Waals surface area contributed by atoms with Crippen LogP contribution in [-0.4, -0.2) is 18.4 Å². The number of carbonyl (C=O) groups is 2. The number of hydrogen-bond donors (Lipinski definition) is 2. The zero-order valence-corrected chi connectivity index (χ0v) is 9.31. The molecule has 0 aliphatic heterocycles. The molecule has 0 bridgehead atoms. The van der Waals surface area contributed by atoms with Crippen molar-refractivity contribution in [3.8, 4) is 0 Å². The highest BCUT2D eigenvalue weighted by atomic mass is 32.1. The van der Waals surface area contributed by atoms with E-state index < -0.39 is 0 Å². The lowest BCUT2D eigenvalue weighted by Crippen LogP contribution is -2.22. The molecule has 6 heteroatoms. The van der Waals surface area contributed by atoms with E-state index in [0.717, 1.165) is 0 Å². The summed E-state index contributed by atoms with van der Waals surface area (Å²) < 4.78 is 0. The van der Waals surface area contributed by atoms with Crippen LogP contribution in [-0.2, 0) is 9.63 Å². The Kier molecular flexibility index (Phi) is 4.26. The van der Waals surface area contributed by atoms with E-state index in [1.807, 2.05) is 0 Å². The number of carbonyl (C=O) groups excluding carboxylic acids is 2. The van der Waals surface area contributed by atoms with E-state index in [2.05, 4.69) is 10.8 Å². The summed E-state index contributed by atoms with van der Waals surface area (Å²) in [5.41, 5.74) is 2.27. The van der Waals surface area contributed by atoms with Gasteiger partial charge in [-0.2, -0.15) is 0 Å². The van der Waals surface area contributed by atoms with E-state index in [-0.39, 0.29) is 11.8 Å². The van der Waals surface area contributed by atoms with Crippen LogP contribution < -0.4 is 10.8 Å². The van der Waals surface area contributed by atoms with Gasteiger partial charge < -0.3 is 5.32 Å². The number of anilines is 1. The van der Waals surface area contributed by atoms with Gasteiger partial charge >= 0.3 is 0 Å². The number of amides is 2. The molecule has 82 valence electrons. The van der Waals surface area contributed by atoms with Crippen LogP contribution in [0.2, 0.25) is 0 Å². The SMILES string of the molecule is CCONC(=O)c1ccc(NC(C)=O)s1. The maximum absolute atomic E-state index is 11.4. The van der Waals surface area contributed by atoms with E-state index in [1.165, 1.54) is 18.3 Å². The molecule has 0 radical (unpaired) electrons. The minimum Gasteiger partial charge on any atom is -0.318 e. The summed E-state index contributed by atoms with van der Waals surface area (Å²) in [4.78, 5) is 27.4. The molecular formula is C9H12N2O3S. The molecule has 0 aliphatic carbocycles. The molecule has 1 aromatic rings. The molecule has 0 saturated carbocycles. The van der Waals surface area contributed by atoms with E-state index in [9.17, 15) is 9.59 Å². The minimum absolute atomic E-state index is 0.159. The predicted molar refractivity (Wildman–Crippen MR) is 57.7 cm³/mol. The second kappa shape index (κ2) is 5.47. The molecule has 0 spiro atoms. The smallest absolute Gasteiger partial charge is 0.284 e. The van der Waals surface area contributed by atoms with E-state index >= 15 is 0 Å². The van der Waals surface area contributed by atoms with Crippen LogP contribution in [0.5, 0.6) is 0 Å². The summed E-state index contributed by atoms with van der Waals surface area (Å²) in [6, 6.07) is 3.30. The van der Waals surface area contributed by atoms with E-state index in [1.54, 1.807) is 19.1 Å². The molecule has 0 saturated heterocycles. The van der Waals surface area contributed by atoms with Gasteiger partial charge in [0.25, 0.3) is 5.91 Å². The van der Waals surface area contributed by atoms with Crippen molar-refractivity contribution in [3.63, 3.8) is 0 Å². The Balaban J connectivity index is 2.59. The Morgan fingerprint density at radius 2 is 2.20 bits per heavy atom. The fourth-order valence-corrected chi connectivity index (χ4v) is 1.73. The lowest BCUT2D eigenvalue weighted by Gasteiger charge is -2.00. The Hall–Kier alpha value is -1.40. The Morgan fingerprint density at radius 1 is 1.47 bits per heavy atom. The molecule has 0 unspecified atom stereocenters. The Morgan fingerprint density at radius 3 is 2.80 bits per heavy atom. The van der Waals surface area contributed by atoms with Crippen molar-refractivity contribution in [2.24, 2.45) is 0 Å². The van der Waals surface area contributed by atoms with Crippen LogP contribution in [0.4, 0.5) is 5.00 Å². The maximum Gasteiger partial charge on any atom is 0.284 e. The predicted octanol–water partition coefficient (Wildman–Crippen LogP) is 1.39. The third-order valence-corrected chi connectivity index (χ3v) is 2.44. The van der Waals surface area contributed by atoms with Crippen LogP contribution in [0.1, 0.15) is 23.5 Å². The fourth-order valence-electron chi connectivity index (χ4n) is 0.889. The summed E-state index contributed by atoms with van der Waals surface area (Å²) in [5.74, 6) is -0.466. The highest BCUT2D eigenvalue weighted by Gasteiger charge is 2.09. The number of hydroxylamine groups is 1. The van der Waals surface area contributed by atoms with Crippen molar-refractivity contribution in [1.29, 1.82) is 0 Å². The third-order valence-electron chi connectivity index (χ3n) is 1.44. The average Bonchev–Trinajstić information content (AvgIpc) is 2.61. The summed E-state index contributed by atoms with van der Waals surface area (Å²) >= 11 is 1.20. The topological polar surface area (TPSA) is 67.4 Å². The van der Waals surface area contributed by atoms with Crippen LogP contribution in [0, 0.1) is 0 Å². The van der Waals surface area contributed by atoms with Crippen molar-refractivity contribution in [3.05, 3.63) is 17.0 Å². The van der Waals surface area contributed by atoms with Gasteiger partial charge in [-0.05, 0) is 19.1 Å². The Labute approximate surface area is 91.4 Å². The van der Waals surface area contributed by atoms with E-state index in [0.29, 0.717) is 16.5 Å². The Bertz CT molecular complexity index is 362. The molecule has 2 amide bonds. The number of thiophene rings is 1. The first-order chi connectivity index (χ1) is 7.13. The van der Waals surface area contributed by atoms with Gasteiger partial charge in [-0.1, -0.05) is 0 Å². The van der Waals surface area contributed by atoms with E-state index in [4.69, 9.17) is 4.84 Å². The van der Waals surface area contributed by atoms with Gasteiger partial charge in [0.05, 0.1) is 16.5 Å². The van der Waals surface area contributed by atoms with Crippen LogP contribution in [0.3, 0.4) is 0 Å². The molecule has 0 fully saturated rings. The van der Waals surface area contributed by atoms with Gasteiger partial charge in [0.15, 0.2) is 0 Å². The van der Waals surface area contributed by atoms with Crippen LogP contribution in [0.15, 0.2) is 12.1 Å². The zero-order chi connectivity index (χ0) is 11.3. The summed E-state index contributed by atoms with van der Waals surface area (Å²) in [6.45, 7) is 3.60. The van der Waals surface area contributed by atoms with Crippen molar-refractivity contribution >= 4 is 28.2 Å². The molecule has 1 heterocycles. The minimum atomic E-state index is -0.307. The maximum atomic E-state index is 11.4. The summed E-state index contributed by atoms with van der Waals surface area (Å²) in [5, 5.41) is 3.24. The van der Waals surface area contributed by atoms with Crippen molar-refractivity contribution in [2.45, 2.75) is 13.8 Å². The fraction of sp³-hybridized carbons (Fsp3) is 0.333. The van der Waals surface area contributed by atoms with Gasteiger partial charge in [-0.15, -0.1) is 11.3 Å². The average molecular weight is 228 g/mol. The summed E-state index contributed by atoms with van der Waals surface area (Å²) in [6.07, 6.45) is 0. The molecule has 1 rings (SSSR count).